The van der Waals surface area contributed by atoms with E-state index in [1.807, 2.05) is 19.1 Å². The quantitative estimate of drug-likeness (QED) is 0.855. The second-order valence-electron chi connectivity index (χ2n) is 3.88. The molecule has 0 spiro atoms. The molecule has 0 bridgehead atoms. The van der Waals surface area contributed by atoms with E-state index in [9.17, 15) is 9.90 Å². The molecule has 0 aliphatic heterocycles. The summed E-state index contributed by atoms with van der Waals surface area (Å²) in [4.78, 5) is 19.6. The number of pyridine rings is 2. The summed E-state index contributed by atoms with van der Waals surface area (Å²) in [6.07, 6.45) is 4.41. The molecule has 0 aliphatic rings. The fourth-order valence-corrected chi connectivity index (χ4v) is 1.46. The van der Waals surface area contributed by atoms with Crippen LogP contribution in [-0.4, -0.2) is 21.0 Å². The van der Waals surface area contributed by atoms with Gasteiger partial charge in [-0.05, 0) is 24.6 Å². The lowest BCUT2D eigenvalue weighted by Gasteiger charge is -2.06. The van der Waals surface area contributed by atoms with Crippen LogP contribution < -0.4 is 5.32 Å². The lowest BCUT2D eigenvalue weighted by molar-refractivity contribution is 0.0948. The molecular formula is C13H13N3O2. The van der Waals surface area contributed by atoms with Gasteiger partial charge in [0.05, 0.1) is 11.8 Å². The first-order valence-corrected chi connectivity index (χ1v) is 5.49. The highest BCUT2D eigenvalue weighted by Crippen LogP contribution is 2.13. The van der Waals surface area contributed by atoms with Crippen molar-refractivity contribution in [3.63, 3.8) is 0 Å². The third kappa shape index (κ3) is 2.82. The molecule has 0 saturated heterocycles. The van der Waals surface area contributed by atoms with Crippen LogP contribution in [0.5, 0.6) is 5.75 Å². The SMILES string of the molecule is Cc1ccc(CNC(=O)c2ccncc2O)cn1. The van der Waals surface area contributed by atoms with Gasteiger partial charge in [-0.2, -0.15) is 0 Å². The van der Waals surface area contributed by atoms with Crippen molar-refractivity contribution in [2.45, 2.75) is 13.5 Å². The van der Waals surface area contributed by atoms with Gasteiger partial charge >= 0.3 is 0 Å². The van der Waals surface area contributed by atoms with Crippen LogP contribution in [0.25, 0.3) is 0 Å². The average Bonchev–Trinajstić information content (AvgIpc) is 2.38. The molecule has 0 saturated carbocycles. The number of amides is 1. The van der Waals surface area contributed by atoms with Crippen LogP contribution in [0.15, 0.2) is 36.8 Å². The number of aromatic hydroxyl groups is 1. The van der Waals surface area contributed by atoms with Crippen molar-refractivity contribution in [2.75, 3.05) is 0 Å². The minimum atomic E-state index is -0.338. The van der Waals surface area contributed by atoms with E-state index in [1.165, 1.54) is 18.5 Å². The first kappa shape index (κ1) is 12.0. The molecule has 2 aromatic rings. The molecule has 2 N–H and O–H groups in total. The van der Waals surface area contributed by atoms with Gasteiger partial charge in [-0.1, -0.05) is 6.07 Å². The maximum absolute atomic E-state index is 11.8. The Hall–Kier alpha value is -2.43. The van der Waals surface area contributed by atoms with Crippen molar-refractivity contribution in [3.8, 4) is 5.75 Å². The smallest absolute Gasteiger partial charge is 0.255 e. The molecule has 5 heteroatoms. The fraction of sp³-hybridized carbons (Fsp3) is 0.154. The van der Waals surface area contributed by atoms with Crippen LogP contribution in [0.1, 0.15) is 21.6 Å². The Bertz CT molecular complexity index is 552. The monoisotopic (exact) mass is 243 g/mol. The van der Waals surface area contributed by atoms with Crippen molar-refractivity contribution in [3.05, 3.63) is 53.6 Å². The lowest BCUT2D eigenvalue weighted by Crippen LogP contribution is -2.23. The number of hydrogen-bond donors (Lipinski definition) is 2. The van der Waals surface area contributed by atoms with E-state index in [4.69, 9.17) is 0 Å². The van der Waals surface area contributed by atoms with E-state index in [2.05, 4.69) is 15.3 Å². The van der Waals surface area contributed by atoms with Crippen molar-refractivity contribution >= 4 is 5.91 Å². The van der Waals surface area contributed by atoms with Crippen molar-refractivity contribution < 1.29 is 9.90 Å². The third-order valence-corrected chi connectivity index (χ3v) is 2.47. The minimum absolute atomic E-state index is 0.128. The molecule has 1 amide bonds. The Morgan fingerprint density at radius 3 is 2.83 bits per heavy atom. The lowest BCUT2D eigenvalue weighted by atomic mass is 10.2. The van der Waals surface area contributed by atoms with Gasteiger partial charge in [0.15, 0.2) is 0 Å². The third-order valence-electron chi connectivity index (χ3n) is 2.47. The molecule has 92 valence electrons. The Morgan fingerprint density at radius 2 is 2.17 bits per heavy atom. The van der Waals surface area contributed by atoms with Crippen LogP contribution in [0.2, 0.25) is 0 Å². The summed E-state index contributed by atoms with van der Waals surface area (Å²) in [6.45, 7) is 2.27. The number of hydrogen-bond acceptors (Lipinski definition) is 4. The maximum Gasteiger partial charge on any atom is 0.255 e. The van der Waals surface area contributed by atoms with Crippen LogP contribution in [-0.2, 0) is 6.54 Å². The van der Waals surface area contributed by atoms with Gasteiger partial charge in [0.2, 0.25) is 0 Å². The molecule has 2 aromatic heterocycles. The fourth-order valence-electron chi connectivity index (χ4n) is 1.46. The zero-order valence-electron chi connectivity index (χ0n) is 9.92. The Balaban J connectivity index is 2.01. The highest BCUT2D eigenvalue weighted by Gasteiger charge is 2.09. The van der Waals surface area contributed by atoms with Gasteiger partial charge in [-0.15, -0.1) is 0 Å². The predicted molar refractivity (Wildman–Crippen MR) is 66.0 cm³/mol. The van der Waals surface area contributed by atoms with Crippen LogP contribution in [0.3, 0.4) is 0 Å². The normalized spacial score (nSPS) is 10.1. The number of rotatable bonds is 3. The van der Waals surface area contributed by atoms with Gasteiger partial charge in [0, 0.05) is 24.6 Å². The summed E-state index contributed by atoms with van der Waals surface area (Å²) < 4.78 is 0. The molecule has 18 heavy (non-hydrogen) atoms. The molecule has 0 unspecified atom stereocenters. The van der Waals surface area contributed by atoms with Gasteiger partial charge in [-0.3, -0.25) is 14.8 Å². The number of carbonyl (C=O) groups is 1. The highest BCUT2D eigenvalue weighted by molar-refractivity contribution is 5.96. The molecule has 0 fully saturated rings. The van der Waals surface area contributed by atoms with E-state index in [0.29, 0.717) is 6.54 Å². The Morgan fingerprint density at radius 1 is 1.33 bits per heavy atom. The van der Waals surface area contributed by atoms with E-state index in [-0.39, 0.29) is 17.2 Å². The van der Waals surface area contributed by atoms with Crippen molar-refractivity contribution in [2.24, 2.45) is 0 Å². The summed E-state index contributed by atoms with van der Waals surface area (Å²) in [5, 5.41) is 12.2. The Kier molecular flexibility index (Phi) is 3.52. The van der Waals surface area contributed by atoms with E-state index in [1.54, 1.807) is 6.20 Å². The standard InChI is InChI=1S/C13H13N3O2/c1-9-2-3-10(6-15-9)7-16-13(18)11-4-5-14-8-12(11)17/h2-6,8,17H,7H2,1H3,(H,16,18). The van der Waals surface area contributed by atoms with Crippen molar-refractivity contribution in [1.82, 2.24) is 15.3 Å². The predicted octanol–water partition coefficient (Wildman–Crippen LogP) is 1.42. The topological polar surface area (TPSA) is 75.1 Å². The van der Waals surface area contributed by atoms with E-state index in [0.717, 1.165) is 11.3 Å². The maximum atomic E-state index is 11.8. The first-order chi connectivity index (χ1) is 8.66. The summed E-state index contributed by atoms with van der Waals surface area (Å²) in [6, 6.07) is 5.25. The van der Waals surface area contributed by atoms with E-state index >= 15 is 0 Å². The van der Waals surface area contributed by atoms with Gasteiger partial charge in [-0.25, -0.2) is 0 Å². The van der Waals surface area contributed by atoms with Gasteiger partial charge < -0.3 is 10.4 Å². The van der Waals surface area contributed by atoms with Crippen LogP contribution in [0.4, 0.5) is 0 Å². The van der Waals surface area contributed by atoms with Crippen molar-refractivity contribution in [1.29, 1.82) is 0 Å². The number of aromatic nitrogens is 2. The second-order valence-corrected chi connectivity index (χ2v) is 3.88. The zero-order chi connectivity index (χ0) is 13.0. The molecule has 0 aromatic carbocycles. The van der Waals surface area contributed by atoms with Gasteiger partial charge in [0.1, 0.15) is 5.75 Å². The molecule has 0 radical (unpaired) electrons. The Labute approximate surface area is 105 Å². The first-order valence-electron chi connectivity index (χ1n) is 5.49. The average molecular weight is 243 g/mol. The van der Waals surface area contributed by atoms with Gasteiger partial charge in [0.25, 0.3) is 5.91 Å². The molecule has 5 nitrogen and oxygen atoms in total. The molecule has 0 aliphatic carbocycles. The second kappa shape index (κ2) is 5.27. The van der Waals surface area contributed by atoms with Crippen LogP contribution in [0, 0.1) is 6.92 Å². The molecular weight excluding hydrogens is 230 g/mol. The molecule has 2 heterocycles. The zero-order valence-corrected chi connectivity index (χ0v) is 9.92. The van der Waals surface area contributed by atoms with Crippen LogP contribution >= 0.6 is 0 Å². The number of carbonyl (C=O) groups excluding carboxylic acids is 1. The number of aryl methyl sites for hydroxylation is 1. The minimum Gasteiger partial charge on any atom is -0.505 e. The summed E-state index contributed by atoms with van der Waals surface area (Å²) in [5.74, 6) is -0.465. The summed E-state index contributed by atoms with van der Waals surface area (Å²) >= 11 is 0. The molecule has 0 atom stereocenters. The highest BCUT2D eigenvalue weighted by atomic mass is 16.3. The molecule has 2 rings (SSSR count). The largest absolute Gasteiger partial charge is 0.505 e. The number of nitrogens with one attached hydrogen (secondary N) is 1. The van der Waals surface area contributed by atoms with E-state index < -0.39 is 0 Å². The summed E-state index contributed by atoms with van der Waals surface area (Å²) in [7, 11) is 0. The summed E-state index contributed by atoms with van der Waals surface area (Å²) in [5.41, 5.74) is 2.05. The number of nitrogens with zero attached hydrogens (tertiary/aromatic N) is 2.